The predicted molar refractivity (Wildman–Crippen MR) is 81.1 cm³/mol. The molecule has 2 aromatic rings. The van der Waals surface area contributed by atoms with Crippen molar-refractivity contribution < 1.29 is 14.3 Å². The SMILES string of the molecule is Cc1cccc(C(=O)c2ccc3c(c2)OCCCO3)c1N. The highest BCUT2D eigenvalue weighted by Crippen LogP contribution is 2.31. The van der Waals surface area contributed by atoms with Gasteiger partial charge < -0.3 is 15.2 Å². The first-order valence-corrected chi connectivity index (χ1v) is 6.96. The summed E-state index contributed by atoms with van der Waals surface area (Å²) in [5.41, 5.74) is 8.50. The Hall–Kier alpha value is -2.49. The fourth-order valence-electron chi connectivity index (χ4n) is 2.34. The van der Waals surface area contributed by atoms with E-state index in [-0.39, 0.29) is 5.78 Å². The summed E-state index contributed by atoms with van der Waals surface area (Å²) in [5, 5.41) is 0. The van der Waals surface area contributed by atoms with Gasteiger partial charge in [0.2, 0.25) is 0 Å². The number of nitrogen functional groups attached to an aromatic ring is 1. The summed E-state index contributed by atoms with van der Waals surface area (Å²) in [6.45, 7) is 3.11. The van der Waals surface area contributed by atoms with Gasteiger partial charge in [-0.1, -0.05) is 12.1 Å². The van der Waals surface area contributed by atoms with Crippen LogP contribution in [-0.4, -0.2) is 19.0 Å². The van der Waals surface area contributed by atoms with Gasteiger partial charge in [-0.3, -0.25) is 4.79 Å². The summed E-state index contributed by atoms with van der Waals surface area (Å²) in [4.78, 5) is 12.6. The van der Waals surface area contributed by atoms with E-state index in [9.17, 15) is 4.79 Å². The van der Waals surface area contributed by atoms with Crippen molar-refractivity contribution in [3.05, 3.63) is 53.1 Å². The molecular formula is C17H17NO3. The van der Waals surface area contributed by atoms with Crippen molar-refractivity contribution in [1.29, 1.82) is 0 Å². The number of aryl methyl sites for hydroxylation is 1. The molecule has 0 atom stereocenters. The summed E-state index contributed by atoms with van der Waals surface area (Å²) < 4.78 is 11.2. The maximum Gasteiger partial charge on any atom is 0.195 e. The lowest BCUT2D eigenvalue weighted by molar-refractivity contribution is 0.103. The Balaban J connectivity index is 1.98. The lowest BCUT2D eigenvalue weighted by Crippen LogP contribution is -2.07. The molecule has 0 saturated heterocycles. The molecule has 3 rings (SSSR count). The number of anilines is 1. The molecule has 4 nitrogen and oxygen atoms in total. The molecule has 0 fully saturated rings. The number of hydrogen-bond donors (Lipinski definition) is 1. The van der Waals surface area contributed by atoms with Gasteiger partial charge >= 0.3 is 0 Å². The fourth-order valence-corrected chi connectivity index (χ4v) is 2.34. The fraction of sp³-hybridized carbons (Fsp3) is 0.235. The molecule has 1 aliphatic heterocycles. The van der Waals surface area contributed by atoms with Crippen molar-refractivity contribution >= 4 is 11.5 Å². The van der Waals surface area contributed by atoms with Crippen molar-refractivity contribution in [3.63, 3.8) is 0 Å². The summed E-state index contributed by atoms with van der Waals surface area (Å²) in [7, 11) is 0. The van der Waals surface area contributed by atoms with Gasteiger partial charge in [-0.25, -0.2) is 0 Å². The Morgan fingerprint density at radius 2 is 1.86 bits per heavy atom. The van der Waals surface area contributed by atoms with Crippen LogP contribution in [0.3, 0.4) is 0 Å². The van der Waals surface area contributed by atoms with Gasteiger partial charge in [0.1, 0.15) is 0 Å². The van der Waals surface area contributed by atoms with Gasteiger partial charge in [0, 0.05) is 23.2 Å². The maximum atomic E-state index is 12.6. The summed E-state index contributed by atoms with van der Waals surface area (Å²) in [5.74, 6) is 1.19. The minimum Gasteiger partial charge on any atom is -0.490 e. The first kappa shape index (κ1) is 13.5. The number of fused-ring (bicyclic) bond motifs is 1. The van der Waals surface area contributed by atoms with Crippen molar-refractivity contribution in [2.24, 2.45) is 0 Å². The number of rotatable bonds is 2. The molecule has 0 saturated carbocycles. The van der Waals surface area contributed by atoms with E-state index in [4.69, 9.17) is 15.2 Å². The average molecular weight is 283 g/mol. The summed E-state index contributed by atoms with van der Waals surface area (Å²) in [6.07, 6.45) is 0.836. The van der Waals surface area contributed by atoms with Crippen LogP contribution in [0.25, 0.3) is 0 Å². The van der Waals surface area contributed by atoms with Gasteiger partial charge in [-0.2, -0.15) is 0 Å². The Labute approximate surface area is 123 Å². The number of carbonyl (C=O) groups is 1. The first-order chi connectivity index (χ1) is 10.2. The molecule has 4 heteroatoms. The van der Waals surface area contributed by atoms with E-state index in [1.165, 1.54) is 0 Å². The molecule has 0 aliphatic carbocycles. The van der Waals surface area contributed by atoms with Crippen LogP contribution in [0.4, 0.5) is 5.69 Å². The molecule has 0 unspecified atom stereocenters. The lowest BCUT2D eigenvalue weighted by Gasteiger charge is -2.10. The second-order valence-corrected chi connectivity index (χ2v) is 5.08. The predicted octanol–water partition coefficient (Wildman–Crippen LogP) is 2.97. The molecule has 0 bridgehead atoms. The third-order valence-electron chi connectivity index (χ3n) is 3.58. The minimum atomic E-state index is -0.105. The van der Waals surface area contributed by atoms with E-state index in [0.29, 0.717) is 41.5 Å². The van der Waals surface area contributed by atoms with Crippen LogP contribution in [0.1, 0.15) is 27.9 Å². The molecule has 2 N–H and O–H groups in total. The largest absolute Gasteiger partial charge is 0.490 e. The van der Waals surface area contributed by atoms with E-state index in [1.807, 2.05) is 19.1 Å². The summed E-state index contributed by atoms with van der Waals surface area (Å²) in [6, 6.07) is 10.7. The van der Waals surface area contributed by atoms with E-state index in [0.717, 1.165) is 12.0 Å². The van der Waals surface area contributed by atoms with Crippen molar-refractivity contribution in [3.8, 4) is 11.5 Å². The monoisotopic (exact) mass is 283 g/mol. The number of carbonyl (C=O) groups excluding carboxylic acids is 1. The van der Waals surface area contributed by atoms with Crippen molar-refractivity contribution in [2.75, 3.05) is 18.9 Å². The Kier molecular flexibility index (Phi) is 3.52. The van der Waals surface area contributed by atoms with Crippen LogP contribution in [-0.2, 0) is 0 Å². The standard InChI is InChI=1S/C17H17NO3/c1-11-4-2-5-13(16(11)18)17(19)12-6-7-14-15(10-12)21-9-3-8-20-14/h2,4-7,10H,3,8-9,18H2,1H3. The molecule has 0 spiro atoms. The van der Waals surface area contributed by atoms with Crippen LogP contribution >= 0.6 is 0 Å². The normalized spacial score (nSPS) is 13.6. The summed E-state index contributed by atoms with van der Waals surface area (Å²) >= 11 is 0. The Morgan fingerprint density at radius 3 is 2.67 bits per heavy atom. The number of ether oxygens (including phenoxy) is 2. The van der Waals surface area contributed by atoms with E-state index in [2.05, 4.69) is 0 Å². The number of nitrogens with two attached hydrogens (primary N) is 1. The third-order valence-corrected chi connectivity index (χ3v) is 3.58. The molecular weight excluding hydrogens is 266 g/mol. The maximum absolute atomic E-state index is 12.6. The third kappa shape index (κ3) is 2.57. The van der Waals surface area contributed by atoms with Crippen LogP contribution in [0.15, 0.2) is 36.4 Å². The second-order valence-electron chi connectivity index (χ2n) is 5.08. The zero-order valence-corrected chi connectivity index (χ0v) is 11.9. The quantitative estimate of drug-likeness (QED) is 0.680. The molecule has 1 heterocycles. The topological polar surface area (TPSA) is 61.5 Å². The van der Waals surface area contributed by atoms with Gasteiger partial charge in [0.25, 0.3) is 0 Å². The Morgan fingerprint density at radius 1 is 1.10 bits per heavy atom. The molecule has 108 valence electrons. The number of benzene rings is 2. The highest BCUT2D eigenvalue weighted by Gasteiger charge is 2.17. The van der Waals surface area contributed by atoms with Crippen molar-refractivity contribution in [1.82, 2.24) is 0 Å². The van der Waals surface area contributed by atoms with E-state index >= 15 is 0 Å². The second kappa shape index (κ2) is 5.48. The van der Waals surface area contributed by atoms with E-state index < -0.39 is 0 Å². The van der Waals surface area contributed by atoms with Crippen LogP contribution in [0.2, 0.25) is 0 Å². The zero-order chi connectivity index (χ0) is 14.8. The number of hydrogen-bond acceptors (Lipinski definition) is 4. The number of para-hydroxylation sites is 1. The van der Waals surface area contributed by atoms with Gasteiger partial charge in [-0.15, -0.1) is 0 Å². The first-order valence-electron chi connectivity index (χ1n) is 6.96. The minimum absolute atomic E-state index is 0.105. The van der Waals surface area contributed by atoms with Gasteiger partial charge in [-0.05, 0) is 36.8 Å². The molecule has 0 aromatic heterocycles. The van der Waals surface area contributed by atoms with Crippen LogP contribution in [0, 0.1) is 6.92 Å². The molecule has 1 aliphatic rings. The Bertz CT molecular complexity index is 694. The highest BCUT2D eigenvalue weighted by molar-refractivity contribution is 6.12. The molecule has 21 heavy (non-hydrogen) atoms. The van der Waals surface area contributed by atoms with Crippen molar-refractivity contribution in [2.45, 2.75) is 13.3 Å². The van der Waals surface area contributed by atoms with Gasteiger partial charge in [0.15, 0.2) is 17.3 Å². The lowest BCUT2D eigenvalue weighted by atomic mass is 9.99. The highest BCUT2D eigenvalue weighted by atomic mass is 16.5. The van der Waals surface area contributed by atoms with Gasteiger partial charge in [0.05, 0.1) is 13.2 Å². The molecule has 0 radical (unpaired) electrons. The number of ketones is 1. The smallest absolute Gasteiger partial charge is 0.195 e. The molecule has 2 aromatic carbocycles. The van der Waals surface area contributed by atoms with Crippen LogP contribution in [0.5, 0.6) is 11.5 Å². The average Bonchev–Trinajstić information content (AvgIpc) is 2.74. The van der Waals surface area contributed by atoms with Crippen LogP contribution < -0.4 is 15.2 Å². The van der Waals surface area contributed by atoms with E-state index in [1.54, 1.807) is 24.3 Å². The molecule has 0 amide bonds. The zero-order valence-electron chi connectivity index (χ0n) is 11.9.